The number of ether oxygens (including phenoxy) is 1. The van der Waals surface area contributed by atoms with Crippen molar-refractivity contribution >= 4 is 15.8 Å². The van der Waals surface area contributed by atoms with Crippen LogP contribution in [0.25, 0.3) is 0 Å². The molecule has 4 nitrogen and oxygen atoms in total. The Balaban J connectivity index is 4.21. The lowest BCUT2D eigenvalue weighted by Gasteiger charge is -2.09. The normalized spacial score (nSPS) is 12.9. The summed E-state index contributed by atoms with van der Waals surface area (Å²) in [6, 6.07) is 0. The Morgan fingerprint density at radius 2 is 1.81 bits per heavy atom. The van der Waals surface area contributed by atoms with Gasteiger partial charge in [0, 0.05) is 0 Å². The molecule has 0 saturated heterocycles. The second-order valence-electron chi connectivity index (χ2n) is 3.50. The average molecular weight is 262 g/mol. The van der Waals surface area contributed by atoms with Gasteiger partial charge >= 0.3 is 12.1 Å². The molecule has 0 aromatic heterocycles. The van der Waals surface area contributed by atoms with Gasteiger partial charge in [0.1, 0.15) is 5.75 Å². The number of esters is 1. The van der Waals surface area contributed by atoms with Gasteiger partial charge in [-0.05, 0) is 13.8 Å². The highest BCUT2D eigenvalue weighted by atomic mass is 32.2. The summed E-state index contributed by atoms with van der Waals surface area (Å²) in [5.74, 6) is -3.14. The number of hydrogen-bond donors (Lipinski definition) is 0. The van der Waals surface area contributed by atoms with Crippen molar-refractivity contribution in [2.45, 2.75) is 32.5 Å². The van der Waals surface area contributed by atoms with E-state index in [1.165, 1.54) is 13.8 Å². The van der Waals surface area contributed by atoms with E-state index in [1.54, 1.807) is 0 Å². The van der Waals surface area contributed by atoms with Gasteiger partial charge in [0.15, 0.2) is 9.84 Å². The summed E-state index contributed by atoms with van der Waals surface area (Å²) in [7, 11) is -4.05. The van der Waals surface area contributed by atoms with E-state index in [9.17, 15) is 26.4 Å². The minimum Gasteiger partial charge on any atom is -0.462 e. The summed E-state index contributed by atoms with van der Waals surface area (Å²) < 4.78 is 61.9. The maximum Gasteiger partial charge on any atom is 0.390 e. The molecule has 0 heterocycles. The first kappa shape index (κ1) is 15.2. The van der Waals surface area contributed by atoms with E-state index in [4.69, 9.17) is 0 Å². The Kier molecular flexibility index (Phi) is 5.24. The lowest BCUT2D eigenvalue weighted by Crippen LogP contribution is -2.25. The van der Waals surface area contributed by atoms with E-state index >= 15 is 0 Å². The quantitative estimate of drug-likeness (QED) is 0.701. The Morgan fingerprint density at radius 1 is 1.31 bits per heavy atom. The molecule has 0 fully saturated rings. The Morgan fingerprint density at radius 3 is 2.19 bits per heavy atom. The molecular weight excluding hydrogens is 249 g/mol. The van der Waals surface area contributed by atoms with Gasteiger partial charge in [0.25, 0.3) is 0 Å². The molecule has 0 saturated carbocycles. The van der Waals surface area contributed by atoms with Crippen molar-refractivity contribution in [1.29, 1.82) is 0 Å². The lowest BCUT2D eigenvalue weighted by atomic mass is 10.5. The van der Waals surface area contributed by atoms with Gasteiger partial charge in [-0.3, -0.25) is 4.79 Å². The number of sulfone groups is 1. The molecule has 0 aliphatic rings. The molecule has 0 radical (unpaired) electrons. The van der Waals surface area contributed by atoms with Gasteiger partial charge in [-0.1, -0.05) is 0 Å². The zero-order valence-corrected chi connectivity index (χ0v) is 9.69. The third kappa shape index (κ3) is 8.51. The third-order valence-corrected chi connectivity index (χ3v) is 2.90. The van der Waals surface area contributed by atoms with Gasteiger partial charge in [-0.2, -0.15) is 13.2 Å². The SMILES string of the molecule is CC(C)OC(=O)CS(=O)(=O)CCC(F)(F)F. The first-order chi connectivity index (χ1) is 7.02. The van der Waals surface area contributed by atoms with E-state index in [2.05, 4.69) is 4.74 Å². The summed E-state index contributed by atoms with van der Waals surface area (Å²) in [6.45, 7) is 3.03. The number of halogens is 3. The predicted octanol–water partition coefficient (Wildman–Crippen LogP) is 1.31. The fourth-order valence-corrected chi connectivity index (χ4v) is 1.93. The van der Waals surface area contributed by atoms with Crippen LogP contribution in [0.5, 0.6) is 0 Å². The van der Waals surface area contributed by atoms with Crippen LogP contribution in [-0.2, 0) is 19.4 Å². The fraction of sp³-hybridized carbons (Fsp3) is 0.875. The van der Waals surface area contributed by atoms with Crippen molar-refractivity contribution < 1.29 is 31.1 Å². The van der Waals surface area contributed by atoms with Crippen LogP contribution >= 0.6 is 0 Å². The van der Waals surface area contributed by atoms with E-state index in [1.807, 2.05) is 0 Å². The summed E-state index contributed by atoms with van der Waals surface area (Å²) in [4.78, 5) is 10.9. The van der Waals surface area contributed by atoms with Gasteiger partial charge < -0.3 is 4.74 Å². The van der Waals surface area contributed by atoms with Crippen LogP contribution in [-0.4, -0.2) is 38.2 Å². The molecule has 0 atom stereocenters. The highest BCUT2D eigenvalue weighted by Gasteiger charge is 2.31. The smallest absolute Gasteiger partial charge is 0.390 e. The number of carbonyl (C=O) groups excluding carboxylic acids is 1. The zero-order chi connectivity index (χ0) is 13.0. The molecule has 96 valence electrons. The van der Waals surface area contributed by atoms with E-state index in [0.717, 1.165) is 0 Å². The Hall–Kier alpha value is -0.790. The minimum absolute atomic E-state index is 0.495. The Labute approximate surface area is 91.7 Å². The first-order valence-corrected chi connectivity index (χ1v) is 6.30. The van der Waals surface area contributed by atoms with Crippen molar-refractivity contribution in [3.05, 3.63) is 0 Å². The molecule has 0 spiro atoms. The Bertz CT molecular complexity index is 332. The van der Waals surface area contributed by atoms with Crippen molar-refractivity contribution in [2.24, 2.45) is 0 Å². The first-order valence-electron chi connectivity index (χ1n) is 4.48. The van der Waals surface area contributed by atoms with E-state index in [0.29, 0.717) is 0 Å². The number of rotatable bonds is 5. The average Bonchev–Trinajstić information content (AvgIpc) is 1.96. The number of alkyl halides is 3. The second kappa shape index (κ2) is 5.51. The van der Waals surface area contributed by atoms with Gasteiger partial charge in [0.05, 0.1) is 18.3 Å². The van der Waals surface area contributed by atoms with Crippen molar-refractivity contribution in [1.82, 2.24) is 0 Å². The summed E-state index contributed by atoms with van der Waals surface area (Å²) in [6.07, 6.45) is -6.50. The van der Waals surface area contributed by atoms with Gasteiger partial charge in [0.2, 0.25) is 0 Å². The molecule has 0 rings (SSSR count). The van der Waals surface area contributed by atoms with Crippen LogP contribution in [0, 0.1) is 0 Å². The van der Waals surface area contributed by atoms with Crippen molar-refractivity contribution in [2.75, 3.05) is 11.5 Å². The standard InChI is InChI=1S/C8H13F3O4S/c1-6(2)15-7(12)5-16(13,14)4-3-8(9,10)11/h6H,3-5H2,1-2H3. The maximum absolute atomic E-state index is 11.8. The molecule has 0 amide bonds. The van der Waals surface area contributed by atoms with Crippen LogP contribution in [0.4, 0.5) is 13.2 Å². The lowest BCUT2D eigenvalue weighted by molar-refractivity contribution is -0.144. The molecule has 0 aromatic rings. The third-order valence-electron chi connectivity index (χ3n) is 1.40. The molecular formula is C8H13F3O4S. The molecule has 16 heavy (non-hydrogen) atoms. The maximum atomic E-state index is 11.8. The van der Waals surface area contributed by atoms with E-state index < -0.39 is 46.0 Å². The topological polar surface area (TPSA) is 60.4 Å². The van der Waals surface area contributed by atoms with Crippen LogP contribution < -0.4 is 0 Å². The van der Waals surface area contributed by atoms with Crippen LogP contribution in [0.1, 0.15) is 20.3 Å². The summed E-state index contributed by atoms with van der Waals surface area (Å²) in [5, 5.41) is 0. The van der Waals surface area contributed by atoms with Gasteiger partial charge in [-0.25, -0.2) is 8.42 Å². The number of carbonyl (C=O) groups is 1. The predicted molar refractivity (Wildman–Crippen MR) is 50.6 cm³/mol. The van der Waals surface area contributed by atoms with Crippen LogP contribution in [0.2, 0.25) is 0 Å². The molecule has 0 aromatic carbocycles. The fourth-order valence-electron chi connectivity index (χ4n) is 0.820. The highest BCUT2D eigenvalue weighted by molar-refractivity contribution is 7.92. The molecule has 0 aliphatic carbocycles. The highest BCUT2D eigenvalue weighted by Crippen LogP contribution is 2.20. The molecule has 8 heteroatoms. The summed E-state index contributed by atoms with van der Waals surface area (Å²) >= 11 is 0. The number of hydrogen-bond acceptors (Lipinski definition) is 4. The van der Waals surface area contributed by atoms with Crippen molar-refractivity contribution in [3.63, 3.8) is 0 Å². The summed E-state index contributed by atoms with van der Waals surface area (Å²) in [5.41, 5.74) is 0. The zero-order valence-electron chi connectivity index (χ0n) is 8.87. The molecule has 0 unspecified atom stereocenters. The molecule has 0 bridgehead atoms. The largest absolute Gasteiger partial charge is 0.462 e. The van der Waals surface area contributed by atoms with Crippen molar-refractivity contribution in [3.8, 4) is 0 Å². The van der Waals surface area contributed by atoms with Crippen LogP contribution in [0.3, 0.4) is 0 Å². The second-order valence-corrected chi connectivity index (χ2v) is 5.68. The van der Waals surface area contributed by atoms with Gasteiger partial charge in [-0.15, -0.1) is 0 Å². The monoisotopic (exact) mass is 262 g/mol. The van der Waals surface area contributed by atoms with E-state index in [-0.39, 0.29) is 0 Å². The molecule has 0 N–H and O–H groups in total. The molecule has 0 aliphatic heterocycles. The minimum atomic E-state index is -4.55. The van der Waals surface area contributed by atoms with Crippen LogP contribution in [0.15, 0.2) is 0 Å².